The number of rotatable bonds is 6. The second kappa shape index (κ2) is 7.42. The third-order valence-electron chi connectivity index (χ3n) is 4.88. The number of aromatic nitrogens is 2. The van der Waals surface area contributed by atoms with Crippen LogP contribution in [0, 0.1) is 12.8 Å². The van der Waals surface area contributed by atoms with Gasteiger partial charge < -0.3 is 20.6 Å². The van der Waals surface area contributed by atoms with Crippen LogP contribution in [0.2, 0.25) is 0 Å². The Morgan fingerprint density at radius 3 is 2.89 bits per heavy atom. The van der Waals surface area contributed by atoms with E-state index in [1.54, 1.807) is 17.9 Å². The van der Waals surface area contributed by atoms with E-state index in [4.69, 9.17) is 16.3 Å². The molecule has 1 fully saturated rings. The van der Waals surface area contributed by atoms with Crippen molar-refractivity contribution >= 4 is 5.97 Å². The van der Waals surface area contributed by atoms with Crippen LogP contribution in [0.5, 0.6) is 0 Å². The quantitative estimate of drug-likeness (QED) is 0.396. The highest BCUT2D eigenvalue weighted by molar-refractivity contribution is 5.91. The van der Waals surface area contributed by atoms with Gasteiger partial charge in [-0.15, -0.1) is 0 Å². The Labute approximate surface area is 158 Å². The average molecular weight is 371 g/mol. The molecule has 8 nitrogen and oxygen atoms in total. The SMILES string of the molecule is COC(=O)c1cnn(-c2ccc(C)c(CO)c2)c1[C@@H]1CC1/C(N)=C/N(C)N. The summed E-state index contributed by atoms with van der Waals surface area (Å²) in [4.78, 5) is 12.3. The molecule has 0 radical (unpaired) electrons. The van der Waals surface area contributed by atoms with Crippen molar-refractivity contribution in [1.82, 2.24) is 14.8 Å². The molecule has 0 amide bonds. The van der Waals surface area contributed by atoms with E-state index in [0.717, 1.165) is 28.9 Å². The molecule has 3 rings (SSSR count). The summed E-state index contributed by atoms with van der Waals surface area (Å²) in [6.45, 7) is 1.87. The molecule has 27 heavy (non-hydrogen) atoms. The van der Waals surface area contributed by atoms with Gasteiger partial charge in [-0.25, -0.2) is 15.3 Å². The molecule has 1 unspecified atom stereocenters. The number of methoxy groups -OCH3 is 1. The molecule has 0 saturated heterocycles. The maximum atomic E-state index is 12.3. The van der Waals surface area contributed by atoms with E-state index in [0.29, 0.717) is 11.3 Å². The minimum Gasteiger partial charge on any atom is -0.465 e. The summed E-state index contributed by atoms with van der Waals surface area (Å²) >= 11 is 0. The molecule has 144 valence electrons. The van der Waals surface area contributed by atoms with Crippen LogP contribution in [0.1, 0.15) is 39.5 Å². The van der Waals surface area contributed by atoms with Crippen molar-refractivity contribution in [2.45, 2.75) is 25.9 Å². The maximum Gasteiger partial charge on any atom is 0.341 e. The second-order valence-electron chi connectivity index (χ2n) is 6.86. The lowest BCUT2D eigenvalue weighted by Crippen LogP contribution is -2.21. The number of aryl methyl sites for hydroxylation is 1. The van der Waals surface area contributed by atoms with Gasteiger partial charge >= 0.3 is 5.97 Å². The number of hydrogen-bond acceptors (Lipinski definition) is 7. The standard InChI is InChI=1S/C19H25N5O3/c1-11-4-5-13(6-12(11)10-25)24-18(16(8-22-24)19(26)27-3)15-7-14(15)17(20)9-23(2)21/h4-6,8-9,14-15,25H,7,10,20-21H2,1-3H3/b17-9-/t14?,15-/m1/s1. The van der Waals surface area contributed by atoms with E-state index in [1.807, 2.05) is 25.1 Å². The second-order valence-corrected chi connectivity index (χ2v) is 6.86. The first-order valence-corrected chi connectivity index (χ1v) is 8.69. The smallest absolute Gasteiger partial charge is 0.341 e. The van der Waals surface area contributed by atoms with Gasteiger partial charge in [0.15, 0.2) is 0 Å². The van der Waals surface area contributed by atoms with E-state index >= 15 is 0 Å². The first-order valence-electron chi connectivity index (χ1n) is 8.69. The van der Waals surface area contributed by atoms with Crippen LogP contribution in [0.3, 0.4) is 0 Å². The lowest BCUT2D eigenvalue weighted by molar-refractivity contribution is 0.0599. The third kappa shape index (κ3) is 3.67. The van der Waals surface area contributed by atoms with Gasteiger partial charge in [-0.2, -0.15) is 5.10 Å². The molecular formula is C19H25N5O3. The number of esters is 1. The zero-order chi connectivity index (χ0) is 19.7. The molecule has 1 aliphatic carbocycles. The number of ether oxygens (including phenoxy) is 1. The molecule has 0 spiro atoms. The van der Waals surface area contributed by atoms with E-state index in [2.05, 4.69) is 5.10 Å². The van der Waals surface area contributed by atoms with Crippen molar-refractivity contribution in [3.05, 3.63) is 58.7 Å². The van der Waals surface area contributed by atoms with Crippen LogP contribution in [-0.4, -0.2) is 40.0 Å². The van der Waals surface area contributed by atoms with Crippen molar-refractivity contribution in [1.29, 1.82) is 0 Å². The molecule has 0 bridgehead atoms. The number of nitrogens with two attached hydrogens (primary N) is 2. The van der Waals surface area contributed by atoms with Gasteiger partial charge in [0.2, 0.25) is 0 Å². The fourth-order valence-electron chi connectivity index (χ4n) is 3.34. The fraction of sp³-hybridized carbons (Fsp3) is 0.368. The number of aliphatic hydroxyl groups excluding tert-OH is 1. The molecular weight excluding hydrogens is 346 g/mol. The first kappa shape index (κ1) is 18.9. The minimum atomic E-state index is -0.435. The number of aliphatic hydroxyl groups is 1. The van der Waals surface area contributed by atoms with Gasteiger partial charge in [0, 0.05) is 30.8 Å². The maximum absolute atomic E-state index is 12.3. The van der Waals surface area contributed by atoms with Gasteiger partial charge in [-0.1, -0.05) is 6.07 Å². The Morgan fingerprint density at radius 2 is 2.26 bits per heavy atom. The monoisotopic (exact) mass is 371 g/mol. The van der Waals surface area contributed by atoms with E-state index in [9.17, 15) is 9.90 Å². The number of benzene rings is 1. The topological polar surface area (TPSA) is 120 Å². The van der Waals surface area contributed by atoms with Gasteiger partial charge in [0.25, 0.3) is 0 Å². The van der Waals surface area contributed by atoms with Gasteiger partial charge in [0.05, 0.1) is 31.3 Å². The van der Waals surface area contributed by atoms with Crippen LogP contribution >= 0.6 is 0 Å². The Balaban J connectivity index is 2.05. The van der Waals surface area contributed by atoms with E-state index in [-0.39, 0.29) is 18.4 Å². The normalized spacial score (nSPS) is 19.1. The number of carbonyl (C=O) groups is 1. The molecule has 0 aliphatic heterocycles. The zero-order valence-electron chi connectivity index (χ0n) is 15.7. The molecule has 5 N–H and O–H groups in total. The Bertz CT molecular complexity index is 887. The van der Waals surface area contributed by atoms with Crippen molar-refractivity contribution in [2.24, 2.45) is 17.5 Å². The first-order chi connectivity index (χ1) is 12.9. The lowest BCUT2D eigenvalue weighted by atomic mass is 10.1. The van der Waals surface area contributed by atoms with Crippen LogP contribution in [0.4, 0.5) is 0 Å². The zero-order valence-corrected chi connectivity index (χ0v) is 15.7. The Hall–Kier alpha value is -2.84. The number of hydrazine groups is 1. The molecule has 1 saturated carbocycles. The highest BCUT2D eigenvalue weighted by Gasteiger charge is 2.45. The predicted octanol–water partition coefficient (Wildman–Crippen LogP) is 1.17. The summed E-state index contributed by atoms with van der Waals surface area (Å²) in [6.07, 6.45) is 3.99. The molecule has 8 heteroatoms. The summed E-state index contributed by atoms with van der Waals surface area (Å²) in [6, 6.07) is 5.71. The summed E-state index contributed by atoms with van der Waals surface area (Å²) in [5.74, 6) is 5.34. The van der Waals surface area contributed by atoms with E-state index < -0.39 is 5.97 Å². The van der Waals surface area contributed by atoms with Crippen molar-refractivity contribution in [3.8, 4) is 5.69 Å². The Morgan fingerprint density at radius 1 is 1.52 bits per heavy atom. The van der Waals surface area contributed by atoms with Crippen LogP contribution in [0.15, 0.2) is 36.3 Å². The Kier molecular flexibility index (Phi) is 5.20. The summed E-state index contributed by atoms with van der Waals surface area (Å²) < 4.78 is 6.65. The number of hydrogen-bond donors (Lipinski definition) is 3. The molecule has 1 aliphatic rings. The van der Waals surface area contributed by atoms with Crippen molar-refractivity contribution in [3.63, 3.8) is 0 Å². The highest BCUT2D eigenvalue weighted by Crippen LogP contribution is 2.51. The average Bonchev–Trinajstić information content (AvgIpc) is 3.32. The van der Waals surface area contributed by atoms with Gasteiger partial charge in [-0.3, -0.25) is 0 Å². The molecule has 2 aromatic rings. The van der Waals surface area contributed by atoms with Crippen molar-refractivity contribution in [2.75, 3.05) is 14.2 Å². The fourth-order valence-corrected chi connectivity index (χ4v) is 3.34. The minimum absolute atomic E-state index is 0.0386. The molecule has 1 aromatic carbocycles. The van der Waals surface area contributed by atoms with Crippen LogP contribution in [-0.2, 0) is 11.3 Å². The lowest BCUT2D eigenvalue weighted by Gasteiger charge is -2.12. The van der Waals surface area contributed by atoms with Crippen LogP contribution < -0.4 is 11.6 Å². The predicted molar refractivity (Wildman–Crippen MR) is 101 cm³/mol. The van der Waals surface area contributed by atoms with Gasteiger partial charge in [0.1, 0.15) is 5.56 Å². The molecule has 1 heterocycles. The summed E-state index contributed by atoms with van der Waals surface area (Å²) in [5.41, 5.74) is 10.6. The third-order valence-corrected chi connectivity index (χ3v) is 4.88. The summed E-state index contributed by atoms with van der Waals surface area (Å²) in [7, 11) is 3.05. The number of allylic oxidation sites excluding steroid dienone is 1. The van der Waals surface area contributed by atoms with Crippen molar-refractivity contribution < 1.29 is 14.6 Å². The molecule has 2 atom stereocenters. The highest BCUT2D eigenvalue weighted by atomic mass is 16.5. The largest absolute Gasteiger partial charge is 0.465 e. The van der Waals surface area contributed by atoms with E-state index in [1.165, 1.54) is 18.3 Å². The number of nitrogens with zero attached hydrogens (tertiary/aromatic N) is 3. The van der Waals surface area contributed by atoms with Crippen LogP contribution in [0.25, 0.3) is 5.69 Å². The number of carbonyl (C=O) groups excluding carboxylic acids is 1. The van der Waals surface area contributed by atoms with Gasteiger partial charge in [-0.05, 0) is 36.6 Å². The summed E-state index contributed by atoms with van der Waals surface area (Å²) in [5, 5.41) is 15.4. The molecule has 1 aromatic heterocycles.